The van der Waals surface area contributed by atoms with Gasteiger partial charge in [0.15, 0.2) is 0 Å². The molecule has 4 rings (SSSR count). The van der Waals surface area contributed by atoms with Crippen molar-refractivity contribution in [1.29, 1.82) is 0 Å². The van der Waals surface area contributed by atoms with Crippen LogP contribution >= 0.6 is 22.9 Å². The summed E-state index contributed by atoms with van der Waals surface area (Å²) >= 11 is 7.42. The van der Waals surface area contributed by atoms with Crippen LogP contribution < -0.4 is 5.32 Å². The molecule has 8 heteroatoms. The van der Waals surface area contributed by atoms with Crippen LogP contribution in [0.3, 0.4) is 0 Å². The summed E-state index contributed by atoms with van der Waals surface area (Å²) in [5.74, 6) is -1.69. The number of amides is 1. The first-order chi connectivity index (χ1) is 15.9. The van der Waals surface area contributed by atoms with E-state index in [4.69, 9.17) is 11.6 Å². The van der Waals surface area contributed by atoms with Crippen molar-refractivity contribution < 1.29 is 14.7 Å². The Balaban J connectivity index is 1.41. The number of carbonyl (C=O) groups is 2. The number of carboxylic acids is 1. The number of hydrogen-bond acceptors (Lipinski definition) is 5. The Morgan fingerprint density at radius 3 is 2.64 bits per heavy atom. The van der Waals surface area contributed by atoms with Crippen molar-refractivity contribution in [3.8, 4) is 10.6 Å². The number of piperidine rings is 1. The van der Waals surface area contributed by atoms with Crippen LogP contribution in [0.4, 0.5) is 5.00 Å². The minimum absolute atomic E-state index is 0.0410. The lowest BCUT2D eigenvalue weighted by atomic mass is 9.94. The Morgan fingerprint density at radius 2 is 1.94 bits per heavy atom. The van der Waals surface area contributed by atoms with E-state index < -0.39 is 11.9 Å². The molecule has 0 aliphatic carbocycles. The average Bonchev–Trinajstić information content (AvgIpc) is 3.18. The fraction of sp³-hybridized carbons (Fsp3) is 0.320. The van der Waals surface area contributed by atoms with Gasteiger partial charge in [0, 0.05) is 23.7 Å². The maximum atomic E-state index is 13.1. The fourth-order valence-electron chi connectivity index (χ4n) is 4.15. The van der Waals surface area contributed by atoms with Gasteiger partial charge >= 0.3 is 5.97 Å². The predicted molar refractivity (Wildman–Crippen MR) is 132 cm³/mol. The van der Waals surface area contributed by atoms with Crippen molar-refractivity contribution in [2.75, 3.05) is 25.0 Å². The first-order valence-electron chi connectivity index (χ1n) is 10.9. The zero-order valence-electron chi connectivity index (χ0n) is 18.3. The van der Waals surface area contributed by atoms with Gasteiger partial charge in [-0.05, 0) is 44.0 Å². The van der Waals surface area contributed by atoms with Gasteiger partial charge < -0.3 is 15.3 Å². The highest BCUT2D eigenvalue weighted by Crippen LogP contribution is 2.33. The lowest BCUT2D eigenvalue weighted by Gasteiger charge is -2.33. The molecular formula is C25H26ClN3O3S. The smallest absolute Gasteiger partial charge is 0.312 e. The summed E-state index contributed by atoms with van der Waals surface area (Å²) in [7, 11) is 0. The number of rotatable bonds is 7. The monoisotopic (exact) mass is 483 g/mol. The van der Waals surface area contributed by atoms with Crippen LogP contribution in [0.15, 0.2) is 54.6 Å². The molecule has 2 atom stereocenters. The van der Waals surface area contributed by atoms with E-state index in [0.717, 1.165) is 46.2 Å². The lowest BCUT2D eigenvalue weighted by molar-refractivity contribution is -0.139. The predicted octanol–water partition coefficient (Wildman–Crippen LogP) is 5.29. The van der Waals surface area contributed by atoms with Gasteiger partial charge in [-0.15, -0.1) is 0 Å². The highest BCUT2D eigenvalue weighted by atomic mass is 35.5. The number of halogens is 1. The maximum absolute atomic E-state index is 13.1. The highest BCUT2D eigenvalue weighted by Gasteiger charge is 2.30. The second kappa shape index (κ2) is 10.5. The SMILES string of the molecule is Cc1nc(-c2ccc(Cl)cc2)sc1NC(=O)C1CCCN(CC(C(=O)O)c2ccccc2)C1. The summed E-state index contributed by atoms with van der Waals surface area (Å²) in [6.45, 7) is 3.62. The number of hydrogen-bond donors (Lipinski definition) is 2. The molecule has 1 aliphatic heterocycles. The van der Waals surface area contributed by atoms with Crippen molar-refractivity contribution in [3.63, 3.8) is 0 Å². The van der Waals surface area contributed by atoms with Crippen LogP contribution in [0.25, 0.3) is 10.6 Å². The van der Waals surface area contributed by atoms with E-state index in [2.05, 4.69) is 15.2 Å². The molecule has 3 aromatic rings. The third-order valence-electron chi connectivity index (χ3n) is 5.94. The maximum Gasteiger partial charge on any atom is 0.312 e. The van der Waals surface area contributed by atoms with Gasteiger partial charge in [-0.25, -0.2) is 4.98 Å². The Labute approximate surface area is 202 Å². The molecule has 2 N–H and O–H groups in total. The molecule has 2 heterocycles. The van der Waals surface area contributed by atoms with E-state index in [1.54, 1.807) is 0 Å². The molecule has 1 fully saturated rings. The van der Waals surface area contributed by atoms with Crippen LogP contribution in [0.5, 0.6) is 0 Å². The molecule has 0 spiro atoms. The minimum Gasteiger partial charge on any atom is -0.481 e. The summed E-state index contributed by atoms with van der Waals surface area (Å²) in [6, 6.07) is 16.7. The number of likely N-dealkylation sites (tertiary alicyclic amines) is 1. The zero-order valence-corrected chi connectivity index (χ0v) is 19.9. The molecule has 2 unspecified atom stereocenters. The number of nitrogens with one attached hydrogen (secondary N) is 1. The average molecular weight is 484 g/mol. The number of nitrogens with zero attached hydrogens (tertiary/aromatic N) is 2. The summed E-state index contributed by atoms with van der Waals surface area (Å²) in [5.41, 5.74) is 2.52. The van der Waals surface area contributed by atoms with E-state index in [9.17, 15) is 14.7 Å². The number of anilines is 1. The number of aryl methyl sites for hydroxylation is 1. The number of aliphatic carboxylic acids is 1. The molecule has 1 saturated heterocycles. The second-order valence-electron chi connectivity index (χ2n) is 8.33. The number of benzene rings is 2. The van der Waals surface area contributed by atoms with Gasteiger partial charge in [-0.2, -0.15) is 0 Å². The first-order valence-corrected chi connectivity index (χ1v) is 12.1. The zero-order chi connectivity index (χ0) is 23.4. The molecule has 2 aromatic carbocycles. The summed E-state index contributed by atoms with van der Waals surface area (Å²) in [6.07, 6.45) is 1.64. The molecule has 1 amide bonds. The molecule has 0 radical (unpaired) electrons. The van der Waals surface area contributed by atoms with Crippen molar-refractivity contribution in [1.82, 2.24) is 9.88 Å². The van der Waals surface area contributed by atoms with Crippen LogP contribution in [0, 0.1) is 12.8 Å². The van der Waals surface area contributed by atoms with E-state index in [1.807, 2.05) is 61.5 Å². The first kappa shape index (κ1) is 23.4. The molecule has 6 nitrogen and oxygen atoms in total. The Kier molecular flexibility index (Phi) is 7.42. The molecule has 33 heavy (non-hydrogen) atoms. The van der Waals surface area contributed by atoms with Crippen molar-refractivity contribution >= 4 is 39.8 Å². The topological polar surface area (TPSA) is 82.5 Å². The molecule has 0 saturated carbocycles. The van der Waals surface area contributed by atoms with Crippen LogP contribution in [0.1, 0.15) is 30.0 Å². The Bertz CT molecular complexity index is 1120. The number of thiazole rings is 1. The summed E-state index contributed by atoms with van der Waals surface area (Å²) < 4.78 is 0. The third-order valence-corrected chi connectivity index (χ3v) is 7.32. The highest BCUT2D eigenvalue weighted by molar-refractivity contribution is 7.19. The quantitative estimate of drug-likeness (QED) is 0.477. The van der Waals surface area contributed by atoms with Crippen LogP contribution in [-0.4, -0.2) is 46.5 Å². The molecule has 172 valence electrons. The molecule has 1 aliphatic rings. The van der Waals surface area contributed by atoms with E-state index in [0.29, 0.717) is 18.1 Å². The van der Waals surface area contributed by atoms with E-state index >= 15 is 0 Å². The van der Waals surface area contributed by atoms with Gasteiger partial charge in [0.1, 0.15) is 10.0 Å². The van der Waals surface area contributed by atoms with Gasteiger partial charge in [0.2, 0.25) is 5.91 Å². The number of aromatic nitrogens is 1. The van der Waals surface area contributed by atoms with Crippen LogP contribution in [0.2, 0.25) is 5.02 Å². The van der Waals surface area contributed by atoms with Gasteiger partial charge in [0.25, 0.3) is 0 Å². The molecule has 0 bridgehead atoms. The van der Waals surface area contributed by atoms with Gasteiger partial charge in [0.05, 0.1) is 17.5 Å². The molecular weight excluding hydrogens is 458 g/mol. The number of carbonyl (C=O) groups excluding carboxylic acids is 1. The number of carboxylic acid groups (broad SMARTS) is 1. The normalized spacial score (nSPS) is 17.5. The second-order valence-corrected chi connectivity index (χ2v) is 9.77. The largest absolute Gasteiger partial charge is 0.481 e. The van der Waals surface area contributed by atoms with Crippen molar-refractivity contribution in [2.45, 2.75) is 25.7 Å². The van der Waals surface area contributed by atoms with Crippen molar-refractivity contribution in [3.05, 3.63) is 70.9 Å². The van der Waals surface area contributed by atoms with Crippen molar-refractivity contribution in [2.24, 2.45) is 5.92 Å². The van der Waals surface area contributed by atoms with E-state index in [-0.39, 0.29) is 11.8 Å². The molecule has 1 aromatic heterocycles. The Hall–Kier alpha value is -2.74. The summed E-state index contributed by atoms with van der Waals surface area (Å²) in [4.78, 5) is 31.6. The lowest BCUT2D eigenvalue weighted by Crippen LogP contribution is -2.43. The summed E-state index contributed by atoms with van der Waals surface area (Å²) in [5, 5.41) is 15.1. The van der Waals surface area contributed by atoms with E-state index in [1.165, 1.54) is 11.3 Å². The van der Waals surface area contributed by atoms with Gasteiger partial charge in [-0.3, -0.25) is 9.59 Å². The third kappa shape index (κ3) is 5.79. The Morgan fingerprint density at radius 1 is 1.21 bits per heavy atom. The standard InChI is InChI=1S/C25H26ClN3O3S/c1-16-23(33-24(27-16)18-9-11-20(26)12-10-18)28-22(30)19-8-5-13-29(14-19)15-21(25(31)32)17-6-3-2-4-7-17/h2-4,6-7,9-12,19,21H,5,8,13-15H2,1H3,(H,28,30)(H,31,32). The van der Waals surface area contributed by atoms with Crippen LogP contribution in [-0.2, 0) is 9.59 Å². The van der Waals surface area contributed by atoms with Gasteiger partial charge in [-0.1, -0.05) is 65.4 Å². The minimum atomic E-state index is -0.845. The fourth-order valence-corrected chi connectivity index (χ4v) is 5.25.